The van der Waals surface area contributed by atoms with Gasteiger partial charge in [-0.05, 0) is 6.07 Å². The van der Waals surface area contributed by atoms with Gasteiger partial charge in [0.05, 0.1) is 6.54 Å². The van der Waals surface area contributed by atoms with Gasteiger partial charge in [0.1, 0.15) is 5.82 Å². The van der Waals surface area contributed by atoms with E-state index in [0.29, 0.717) is 12.1 Å². The average molecular weight is 390 g/mol. The Morgan fingerprint density at radius 2 is 1.78 bits per heavy atom. The number of carbonyl (C=O) groups excluding carboxylic acids is 1. The number of aromatic nitrogens is 3. The highest BCUT2D eigenvalue weighted by Gasteiger charge is 2.39. The van der Waals surface area contributed by atoms with Gasteiger partial charge >= 0.3 is 6.18 Å². The van der Waals surface area contributed by atoms with Gasteiger partial charge in [0.15, 0.2) is 17.5 Å². The van der Waals surface area contributed by atoms with Gasteiger partial charge in [-0.25, -0.2) is 13.2 Å². The molecule has 1 aliphatic rings. The van der Waals surface area contributed by atoms with Crippen LogP contribution in [0.1, 0.15) is 23.6 Å². The Morgan fingerprint density at radius 3 is 2.48 bits per heavy atom. The lowest BCUT2D eigenvalue weighted by atomic mass is 10.1. The highest BCUT2D eigenvalue weighted by atomic mass is 19.4. The Bertz CT molecular complexity index is 905. The molecular weight excluding hydrogens is 378 g/mol. The minimum Gasteiger partial charge on any atom is -0.333 e. The van der Waals surface area contributed by atoms with Gasteiger partial charge in [-0.3, -0.25) is 4.79 Å². The first kappa shape index (κ1) is 18.9. The molecule has 1 aromatic carbocycles. The Labute approximate surface area is 148 Å². The zero-order valence-electron chi connectivity index (χ0n) is 13.6. The zero-order valence-corrected chi connectivity index (χ0v) is 13.6. The standard InChI is InChI=1S/C16H12F6N4O/c17-10-7-12(19)11(18)6-9(10)2-1-3-14(27)25-4-5-26-13(8-25)23-24-15(26)16(20,21)22/h1-2,6-7H,3-5,8H2/b2-1+. The Hall–Kier alpha value is -2.85. The van der Waals surface area contributed by atoms with Crippen molar-refractivity contribution in [3.8, 4) is 0 Å². The van der Waals surface area contributed by atoms with Crippen molar-refractivity contribution < 1.29 is 31.1 Å². The number of alkyl halides is 3. The van der Waals surface area contributed by atoms with E-state index in [-0.39, 0.29) is 37.4 Å². The van der Waals surface area contributed by atoms with Crippen molar-refractivity contribution in [2.24, 2.45) is 0 Å². The first-order valence-corrected chi connectivity index (χ1v) is 7.75. The number of rotatable bonds is 3. The maximum atomic E-state index is 13.5. The fourth-order valence-electron chi connectivity index (χ4n) is 2.66. The molecule has 0 N–H and O–H groups in total. The van der Waals surface area contributed by atoms with Gasteiger partial charge in [-0.2, -0.15) is 13.2 Å². The van der Waals surface area contributed by atoms with Crippen LogP contribution < -0.4 is 0 Å². The van der Waals surface area contributed by atoms with E-state index in [1.165, 1.54) is 11.0 Å². The molecule has 2 heterocycles. The summed E-state index contributed by atoms with van der Waals surface area (Å²) in [6.07, 6.45) is -2.43. The van der Waals surface area contributed by atoms with E-state index in [1.807, 2.05) is 0 Å². The molecule has 0 unspecified atom stereocenters. The molecule has 5 nitrogen and oxygen atoms in total. The number of carbonyl (C=O) groups is 1. The van der Waals surface area contributed by atoms with E-state index in [4.69, 9.17) is 0 Å². The summed E-state index contributed by atoms with van der Waals surface area (Å²) in [6.45, 7) is -0.222. The van der Waals surface area contributed by atoms with Crippen LogP contribution >= 0.6 is 0 Å². The number of hydrogen-bond acceptors (Lipinski definition) is 3. The second-order valence-corrected chi connectivity index (χ2v) is 5.80. The molecule has 0 spiro atoms. The van der Waals surface area contributed by atoms with E-state index >= 15 is 0 Å². The molecule has 3 rings (SSSR count). The first-order valence-electron chi connectivity index (χ1n) is 7.75. The maximum absolute atomic E-state index is 13.5. The van der Waals surface area contributed by atoms with Crippen molar-refractivity contribution in [1.29, 1.82) is 0 Å². The Kier molecular flexibility index (Phi) is 4.94. The quantitative estimate of drug-likeness (QED) is 0.598. The number of nitrogens with zero attached hydrogens (tertiary/aromatic N) is 4. The van der Waals surface area contributed by atoms with Crippen LogP contribution in [0.25, 0.3) is 6.08 Å². The molecule has 0 aliphatic carbocycles. The predicted molar refractivity (Wildman–Crippen MR) is 80.4 cm³/mol. The summed E-state index contributed by atoms with van der Waals surface area (Å²) >= 11 is 0. The molecule has 0 radical (unpaired) electrons. The van der Waals surface area contributed by atoms with Crippen molar-refractivity contribution in [2.75, 3.05) is 6.54 Å². The SMILES string of the molecule is O=C(C/C=C/c1cc(F)c(F)cc1F)N1CCn2c(nnc2C(F)(F)F)C1. The molecule has 1 amide bonds. The number of benzene rings is 1. The number of amides is 1. The summed E-state index contributed by atoms with van der Waals surface area (Å²) in [5, 5.41) is 6.59. The van der Waals surface area contributed by atoms with E-state index < -0.39 is 35.4 Å². The normalized spacial score (nSPS) is 14.7. The van der Waals surface area contributed by atoms with Crippen LogP contribution in [0.4, 0.5) is 26.3 Å². The lowest BCUT2D eigenvalue weighted by Crippen LogP contribution is -2.39. The van der Waals surface area contributed by atoms with Gasteiger partial charge < -0.3 is 9.47 Å². The molecular formula is C16H12F6N4O. The Morgan fingerprint density at radius 1 is 1.07 bits per heavy atom. The van der Waals surface area contributed by atoms with Crippen molar-refractivity contribution >= 4 is 12.0 Å². The topological polar surface area (TPSA) is 51.0 Å². The van der Waals surface area contributed by atoms with Crippen LogP contribution in [0.5, 0.6) is 0 Å². The van der Waals surface area contributed by atoms with Crippen LogP contribution in [0.2, 0.25) is 0 Å². The van der Waals surface area contributed by atoms with Gasteiger partial charge in [0, 0.05) is 31.1 Å². The van der Waals surface area contributed by atoms with Crippen LogP contribution in [0.3, 0.4) is 0 Å². The van der Waals surface area contributed by atoms with Crippen LogP contribution in [0, 0.1) is 17.5 Å². The fourth-order valence-corrected chi connectivity index (χ4v) is 2.66. The van der Waals surface area contributed by atoms with Crippen LogP contribution in [0.15, 0.2) is 18.2 Å². The minimum absolute atomic E-state index is 0.0116. The summed E-state index contributed by atoms with van der Waals surface area (Å²) < 4.78 is 78.8. The monoisotopic (exact) mass is 390 g/mol. The van der Waals surface area contributed by atoms with E-state index in [9.17, 15) is 31.1 Å². The number of halogens is 6. The van der Waals surface area contributed by atoms with Gasteiger partial charge in [0.25, 0.3) is 0 Å². The fraction of sp³-hybridized carbons (Fsp3) is 0.312. The molecule has 0 saturated carbocycles. The molecule has 27 heavy (non-hydrogen) atoms. The van der Waals surface area contributed by atoms with Crippen molar-refractivity contribution in [2.45, 2.75) is 25.7 Å². The Balaban J connectivity index is 1.65. The maximum Gasteiger partial charge on any atom is 0.451 e. The van der Waals surface area contributed by atoms with E-state index in [2.05, 4.69) is 10.2 Å². The highest BCUT2D eigenvalue weighted by molar-refractivity contribution is 5.78. The molecule has 0 fully saturated rings. The first-order chi connectivity index (χ1) is 12.7. The summed E-state index contributed by atoms with van der Waals surface area (Å²) in [7, 11) is 0. The van der Waals surface area contributed by atoms with Crippen molar-refractivity contribution in [1.82, 2.24) is 19.7 Å². The summed E-state index contributed by atoms with van der Waals surface area (Å²) in [6, 6.07) is 1.06. The summed E-state index contributed by atoms with van der Waals surface area (Å²) in [4.78, 5) is 13.5. The number of fused-ring (bicyclic) bond motifs is 1. The second-order valence-electron chi connectivity index (χ2n) is 5.80. The predicted octanol–water partition coefficient (Wildman–Crippen LogP) is 3.16. The van der Waals surface area contributed by atoms with Gasteiger partial charge in [-0.1, -0.05) is 12.2 Å². The summed E-state index contributed by atoms with van der Waals surface area (Å²) in [5.41, 5.74) is -0.227. The third-order valence-corrected chi connectivity index (χ3v) is 3.99. The van der Waals surface area contributed by atoms with Crippen LogP contribution in [-0.2, 0) is 24.1 Å². The molecule has 144 valence electrons. The molecule has 0 saturated heterocycles. The zero-order chi connectivity index (χ0) is 19.8. The number of hydrogen-bond donors (Lipinski definition) is 0. The highest BCUT2D eigenvalue weighted by Crippen LogP contribution is 2.29. The van der Waals surface area contributed by atoms with E-state index in [1.54, 1.807) is 0 Å². The second kappa shape index (κ2) is 7.05. The molecule has 2 aromatic rings. The molecule has 1 aromatic heterocycles. The van der Waals surface area contributed by atoms with Crippen LogP contribution in [-0.4, -0.2) is 32.1 Å². The largest absolute Gasteiger partial charge is 0.451 e. The minimum atomic E-state index is -4.63. The summed E-state index contributed by atoms with van der Waals surface area (Å²) in [5.74, 6) is -5.06. The molecule has 0 atom stereocenters. The van der Waals surface area contributed by atoms with Crippen molar-refractivity contribution in [3.63, 3.8) is 0 Å². The van der Waals surface area contributed by atoms with E-state index in [0.717, 1.165) is 10.6 Å². The molecule has 11 heteroatoms. The third kappa shape index (κ3) is 3.96. The smallest absolute Gasteiger partial charge is 0.333 e. The molecule has 1 aliphatic heterocycles. The third-order valence-electron chi connectivity index (χ3n) is 3.99. The molecule has 0 bridgehead atoms. The lowest BCUT2D eigenvalue weighted by molar-refractivity contribution is -0.148. The average Bonchev–Trinajstić information content (AvgIpc) is 3.02. The van der Waals surface area contributed by atoms with Gasteiger partial charge in [0.2, 0.25) is 11.7 Å². The van der Waals surface area contributed by atoms with Crippen molar-refractivity contribution in [3.05, 3.63) is 52.9 Å². The van der Waals surface area contributed by atoms with Gasteiger partial charge in [-0.15, -0.1) is 10.2 Å². The lowest BCUT2D eigenvalue weighted by Gasteiger charge is -2.27.